The Hall–Kier alpha value is -3.81. The largest absolute Gasteiger partial charge is 0.493 e. The third-order valence-corrected chi connectivity index (χ3v) is 4.63. The number of imidazole rings is 1. The molecule has 8 heteroatoms. The van der Waals surface area contributed by atoms with E-state index in [1.165, 1.54) is 14.2 Å². The highest BCUT2D eigenvalue weighted by Crippen LogP contribution is 2.27. The smallest absolute Gasteiger partial charge is 0.251 e. The topological polar surface area (TPSA) is 94.5 Å². The summed E-state index contributed by atoms with van der Waals surface area (Å²) in [6.45, 7) is 1.75. The quantitative estimate of drug-likeness (QED) is 0.597. The van der Waals surface area contributed by atoms with Crippen LogP contribution < -0.4 is 20.1 Å². The number of hydrogen-bond donors (Lipinski definition) is 2. The molecular formula is C22H24N4O4. The molecule has 0 saturated heterocycles. The van der Waals surface area contributed by atoms with Gasteiger partial charge in [0.05, 0.1) is 33.1 Å². The Morgan fingerprint density at radius 3 is 2.43 bits per heavy atom. The van der Waals surface area contributed by atoms with E-state index in [1.807, 2.05) is 42.0 Å². The molecule has 0 bridgehead atoms. The van der Waals surface area contributed by atoms with Crippen molar-refractivity contribution in [3.05, 3.63) is 72.3 Å². The zero-order valence-corrected chi connectivity index (χ0v) is 17.1. The average molecular weight is 408 g/mol. The zero-order chi connectivity index (χ0) is 21.5. The molecule has 0 aliphatic rings. The van der Waals surface area contributed by atoms with Crippen molar-refractivity contribution in [3.63, 3.8) is 0 Å². The zero-order valence-electron chi connectivity index (χ0n) is 17.1. The molecule has 30 heavy (non-hydrogen) atoms. The van der Waals surface area contributed by atoms with Crippen LogP contribution in [0, 0.1) is 0 Å². The highest BCUT2D eigenvalue weighted by atomic mass is 16.5. The third kappa shape index (κ3) is 4.96. The lowest BCUT2D eigenvalue weighted by Crippen LogP contribution is -2.38. The molecule has 3 aromatic rings. The summed E-state index contributed by atoms with van der Waals surface area (Å²) in [5.74, 6) is 0.320. The predicted molar refractivity (Wildman–Crippen MR) is 112 cm³/mol. The lowest BCUT2D eigenvalue weighted by molar-refractivity contribution is -0.120. The number of ether oxygens (including phenoxy) is 2. The minimum Gasteiger partial charge on any atom is -0.493 e. The Morgan fingerprint density at radius 1 is 1.07 bits per heavy atom. The van der Waals surface area contributed by atoms with Crippen molar-refractivity contribution in [1.29, 1.82) is 0 Å². The van der Waals surface area contributed by atoms with Crippen LogP contribution in [0.3, 0.4) is 0 Å². The molecule has 1 heterocycles. The second-order valence-corrected chi connectivity index (χ2v) is 6.60. The lowest BCUT2D eigenvalue weighted by Gasteiger charge is -2.15. The molecule has 0 saturated carbocycles. The Bertz CT molecular complexity index is 1000. The number of hydrogen-bond acceptors (Lipinski definition) is 5. The van der Waals surface area contributed by atoms with Gasteiger partial charge in [0, 0.05) is 23.6 Å². The van der Waals surface area contributed by atoms with Gasteiger partial charge in [-0.2, -0.15) is 0 Å². The van der Waals surface area contributed by atoms with Crippen molar-refractivity contribution in [2.75, 3.05) is 20.8 Å². The summed E-state index contributed by atoms with van der Waals surface area (Å²) in [6, 6.07) is 12.4. The van der Waals surface area contributed by atoms with Gasteiger partial charge in [-0.3, -0.25) is 9.59 Å². The molecule has 0 unspecified atom stereocenters. The number of methoxy groups -OCH3 is 2. The number of rotatable bonds is 8. The lowest BCUT2D eigenvalue weighted by atomic mass is 10.1. The first-order chi connectivity index (χ1) is 14.5. The summed E-state index contributed by atoms with van der Waals surface area (Å²) in [5, 5.41) is 5.49. The van der Waals surface area contributed by atoms with Crippen molar-refractivity contribution in [2.24, 2.45) is 0 Å². The van der Waals surface area contributed by atoms with Gasteiger partial charge in [-0.15, -0.1) is 0 Å². The fourth-order valence-electron chi connectivity index (χ4n) is 2.96. The van der Waals surface area contributed by atoms with E-state index in [0.717, 1.165) is 11.3 Å². The van der Waals surface area contributed by atoms with Gasteiger partial charge in [0.2, 0.25) is 5.91 Å². The first kappa shape index (κ1) is 20.9. The van der Waals surface area contributed by atoms with E-state index in [0.29, 0.717) is 17.1 Å². The Kier molecular flexibility index (Phi) is 6.69. The first-order valence-electron chi connectivity index (χ1n) is 9.39. The molecule has 0 spiro atoms. The number of amides is 2. The summed E-state index contributed by atoms with van der Waals surface area (Å²) >= 11 is 0. The van der Waals surface area contributed by atoms with Crippen LogP contribution in [0.25, 0.3) is 5.69 Å². The van der Waals surface area contributed by atoms with Crippen LogP contribution in [0.5, 0.6) is 11.5 Å². The highest BCUT2D eigenvalue weighted by molar-refractivity contribution is 5.97. The maximum absolute atomic E-state index is 12.3. The molecule has 8 nitrogen and oxygen atoms in total. The molecule has 156 valence electrons. The van der Waals surface area contributed by atoms with Crippen LogP contribution in [-0.4, -0.2) is 42.1 Å². The van der Waals surface area contributed by atoms with Crippen LogP contribution in [0.2, 0.25) is 0 Å². The van der Waals surface area contributed by atoms with E-state index in [9.17, 15) is 9.59 Å². The molecule has 1 aromatic heterocycles. The number of aromatic nitrogens is 2. The van der Waals surface area contributed by atoms with Gasteiger partial charge in [0.1, 0.15) is 0 Å². The van der Waals surface area contributed by atoms with Crippen LogP contribution in [0.15, 0.2) is 61.2 Å². The van der Waals surface area contributed by atoms with Crippen LogP contribution >= 0.6 is 0 Å². The molecule has 0 fully saturated rings. The van der Waals surface area contributed by atoms with Crippen molar-refractivity contribution in [2.45, 2.75) is 13.0 Å². The average Bonchev–Trinajstić information content (AvgIpc) is 3.32. The monoisotopic (exact) mass is 408 g/mol. The van der Waals surface area contributed by atoms with Crippen LogP contribution in [0.1, 0.15) is 28.9 Å². The highest BCUT2D eigenvalue weighted by Gasteiger charge is 2.14. The van der Waals surface area contributed by atoms with Crippen LogP contribution in [0.4, 0.5) is 0 Å². The van der Waals surface area contributed by atoms with Gasteiger partial charge in [0.15, 0.2) is 11.5 Å². The molecular weight excluding hydrogens is 384 g/mol. The van der Waals surface area contributed by atoms with Gasteiger partial charge in [-0.05, 0) is 42.8 Å². The molecule has 2 amide bonds. The van der Waals surface area contributed by atoms with Gasteiger partial charge in [-0.25, -0.2) is 4.98 Å². The fourth-order valence-corrected chi connectivity index (χ4v) is 2.96. The van der Waals surface area contributed by atoms with Crippen LogP contribution in [-0.2, 0) is 4.79 Å². The van der Waals surface area contributed by atoms with Gasteiger partial charge in [0.25, 0.3) is 5.91 Å². The van der Waals surface area contributed by atoms with Gasteiger partial charge < -0.3 is 24.7 Å². The molecule has 0 radical (unpaired) electrons. The first-order valence-corrected chi connectivity index (χ1v) is 9.39. The Balaban J connectivity index is 1.53. The Labute approximate surface area is 174 Å². The summed E-state index contributed by atoms with van der Waals surface area (Å²) in [7, 11) is 3.02. The maximum atomic E-state index is 12.3. The summed E-state index contributed by atoms with van der Waals surface area (Å²) in [6.07, 6.45) is 5.30. The van der Waals surface area contributed by atoms with Crippen molar-refractivity contribution < 1.29 is 19.1 Å². The SMILES string of the molecule is COc1ccc(C(=O)NCC(=O)N[C@@H](C)c2ccc(-n3ccnc3)cc2)cc1OC. The van der Waals surface area contributed by atoms with E-state index in [4.69, 9.17) is 9.47 Å². The second kappa shape index (κ2) is 9.60. The maximum Gasteiger partial charge on any atom is 0.251 e. The predicted octanol–water partition coefficient (Wildman–Crippen LogP) is 2.50. The minimum atomic E-state index is -0.372. The number of carbonyl (C=O) groups is 2. The van der Waals surface area contributed by atoms with E-state index in [-0.39, 0.29) is 24.4 Å². The van der Waals surface area contributed by atoms with Crippen molar-refractivity contribution in [1.82, 2.24) is 20.2 Å². The molecule has 2 aromatic carbocycles. The minimum absolute atomic E-state index is 0.134. The number of carbonyl (C=O) groups excluding carboxylic acids is 2. The number of benzene rings is 2. The van der Waals surface area contributed by atoms with Gasteiger partial charge in [-0.1, -0.05) is 12.1 Å². The molecule has 0 aliphatic carbocycles. The van der Waals surface area contributed by atoms with Gasteiger partial charge >= 0.3 is 0 Å². The van der Waals surface area contributed by atoms with Crippen molar-refractivity contribution >= 4 is 11.8 Å². The second-order valence-electron chi connectivity index (χ2n) is 6.60. The molecule has 2 N–H and O–H groups in total. The fraction of sp³-hybridized carbons (Fsp3) is 0.227. The summed E-state index contributed by atoms with van der Waals surface area (Å²) in [5.41, 5.74) is 2.32. The van der Waals surface area contributed by atoms with E-state index in [2.05, 4.69) is 15.6 Å². The molecule has 3 rings (SSSR count). The Morgan fingerprint density at radius 2 is 1.80 bits per heavy atom. The van der Waals surface area contributed by atoms with E-state index in [1.54, 1.807) is 30.7 Å². The number of nitrogens with one attached hydrogen (secondary N) is 2. The standard InChI is InChI=1S/C22H24N4O4/c1-15(16-4-7-18(8-5-16)26-11-10-23-14-26)25-21(27)13-24-22(28)17-6-9-19(29-2)20(12-17)30-3/h4-12,14-15H,13H2,1-3H3,(H,24,28)(H,25,27)/t15-/m0/s1. The van der Waals surface area contributed by atoms with E-state index >= 15 is 0 Å². The number of nitrogens with zero attached hydrogens (tertiary/aromatic N) is 2. The summed E-state index contributed by atoms with van der Waals surface area (Å²) in [4.78, 5) is 28.6. The van der Waals surface area contributed by atoms with E-state index < -0.39 is 0 Å². The summed E-state index contributed by atoms with van der Waals surface area (Å²) < 4.78 is 12.3. The molecule has 1 atom stereocenters. The normalized spacial score (nSPS) is 11.4. The third-order valence-electron chi connectivity index (χ3n) is 4.63. The van der Waals surface area contributed by atoms with Crippen molar-refractivity contribution in [3.8, 4) is 17.2 Å². The molecule has 0 aliphatic heterocycles.